The number of carbonyl (C=O) groups excluding carboxylic acids is 4. The van der Waals surface area contributed by atoms with E-state index in [1.165, 1.54) is 24.3 Å². The van der Waals surface area contributed by atoms with Crippen molar-refractivity contribution < 1.29 is 23.9 Å². The van der Waals surface area contributed by atoms with Crippen LogP contribution in [0.3, 0.4) is 0 Å². The number of ether oxygens (including phenoxy) is 1. The minimum absolute atomic E-state index is 0.105. The maximum absolute atomic E-state index is 12.7. The second-order valence-electron chi connectivity index (χ2n) is 7.78. The normalized spacial score (nSPS) is 18.0. The SMILES string of the molecule is C=CCN1C(=O)c2ccc(C(=O)OCC(=O)N(C3=CCCCC3)C3CC3)cc2C1=O. The molecular formula is C23H24N2O5. The second-order valence-corrected chi connectivity index (χ2v) is 7.78. The van der Waals surface area contributed by atoms with Gasteiger partial charge < -0.3 is 9.64 Å². The molecule has 0 atom stereocenters. The van der Waals surface area contributed by atoms with Crippen molar-refractivity contribution >= 4 is 23.7 Å². The highest BCUT2D eigenvalue weighted by Crippen LogP contribution is 2.33. The van der Waals surface area contributed by atoms with Gasteiger partial charge in [-0.2, -0.15) is 0 Å². The Kier molecular flexibility index (Phi) is 5.53. The van der Waals surface area contributed by atoms with Gasteiger partial charge >= 0.3 is 5.97 Å². The van der Waals surface area contributed by atoms with E-state index in [0.717, 1.165) is 49.1 Å². The highest BCUT2D eigenvalue weighted by molar-refractivity contribution is 6.22. The summed E-state index contributed by atoms with van der Waals surface area (Å²) in [7, 11) is 0. The van der Waals surface area contributed by atoms with Crippen LogP contribution in [0.2, 0.25) is 0 Å². The summed E-state index contributed by atoms with van der Waals surface area (Å²) in [5.41, 5.74) is 1.58. The lowest BCUT2D eigenvalue weighted by Gasteiger charge is -2.27. The molecule has 156 valence electrons. The molecule has 3 aliphatic rings. The molecule has 1 fully saturated rings. The third-order valence-corrected chi connectivity index (χ3v) is 5.60. The predicted molar refractivity (Wildman–Crippen MR) is 109 cm³/mol. The molecule has 0 saturated heterocycles. The highest BCUT2D eigenvalue weighted by Gasteiger charge is 2.37. The minimum Gasteiger partial charge on any atom is -0.452 e. The first-order valence-corrected chi connectivity index (χ1v) is 10.3. The van der Waals surface area contributed by atoms with Gasteiger partial charge in [0.25, 0.3) is 17.7 Å². The van der Waals surface area contributed by atoms with Crippen molar-refractivity contribution in [3.8, 4) is 0 Å². The molecule has 0 radical (unpaired) electrons. The molecule has 7 nitrogen and oxygen atoms in total. The van der Waals surface area contributed by atoms with E-state index in [1.54, 1.807) is 4.90 Å². The molecule has 3 amide bonds. The fourth-order valence-corrected chi connectivity index (χ4v) is 3.96. The van der Waals surface area contributed by atoms with Crippen LogP contribution < -0.4 is 0 Å². The topological polar surface area (TPSA) is 84.0 Å². The average molecular weight is 408 g/mol. The Morgan fingerprint density at radius 3 is 2.60 bits per heavy atom. The van der Waals surface area contributed by atoms with Gasteiger partial charge in [0.2, 0.25) is 0 Å². The maximum atomic E-state index is 12.7. The van der Waals surface area contributed by atoms with Gasteiger partial charge in [0.1, 0.15) is 0 Å². The number of allylic oxidation sites excluding steroid dienone is 2. The van der Waals surface area contributed by atoms with E-state index in [4.69, 9.17) is 4.74 Å². The zero-order valence-corrected chi connectivity index (χ0v) is 16.8. The van der Waals surface area contributed by atoms with Crippen LogP contribution in [0, 0.1) is 0 Å². The predicted octanol–water partition coefficient (Wildman–Crippen LogP) is 3.07. The molecule has 2 aliphatic carbocycles. The first kappa shape index (κ1) is 20.1. The molecular weight excluding hydrogens is 384 g/mol. The number of fused-ring (bicyclic) bond motifs is 1. The largest absolute Gasteiger partial charge is 0.452 e. The van der Waals surface area contributed by atoms with Gasteiger partial charge in [0.15, 0.2) is 6.61 Å². The van der Waals surface area contributed by atoms with Crippen molar-refractivity contribution in [1.82, 2.24) is 9.80 Å². The van der Waals surface area contributed by atoms with E-state index in [1.807, 2.05) is 0 Å². The number of nitrogens with zero attached hydrogens (tertiary/aromatic N) is 2. The van der Waals surface area contributed by atoms with Crippen LogP contribution in [0.5, 0.6) is 0 Å². The number of imide groups is 1. The van der Waals surface area contributed by atoms with Gasteiger partial charge in [-0.15, -0.1) is 6.58 Å². The molecule has 30 heavy (non-hydrogen) atoms. The van der Waals surface area contributed by atoms with Crippen LogP contribution in [0.4, 0.5) is 0 Å². The fourth-order valence-electron chi connectivity index (χ4n) is 3.96. The zero-order valence-electron chi connectivity index (χ0n) is 16.8. The van der Waals surface area contributed by atoms with Crippen molar-refractivity contribution in [1.29, 1.82) is 0 Å². The lowest BCUT2D eigenvalue weighted by Crippen LogP contribution is -2.36. The molecule has 0 N–H and O–H groups in total. The van der Waals surface area contributed by atoms with E-state index in [2.05, 4.69) is 12.7 Å². The van der Waals surface area contributed by atoms with E-state index >= 15 is 0 Å². The molecule has 1 aliphatic heterocycles. The number of hydrogen-bond acceptors (Lipinski definition) is 5. The van der Waals surface area contributed by atoms with Crippen molar-refractivity contribution in [2.45, 2.75) is 44.6 Å². The summed E-state index contributed by atoms with van der Waals surface area (Å²) in [4.78, 5) is 52.8. The van der Waals surface area contributed by atoms with Crippen molar-refractivity contribution in [2.24, 2.45) is 0 Å². The smallest absolute Gasteiger partial charge is 0.338 e. The second kappa shape index (κ2) is 8.26. The Hall–Kier alpha value is -3.22. The van der Waals surface area contributed by atoms with Gasteiger partial charge in [-0.05, 0) is 56.7 Å². The monoisotopic (exact) mass is 408 g/mol. The van der Waals surface area contributed by atoms with E-state index < -0.39 is 17.8 Å². The van der Waals surface area contributed by atoms with E-state index in [0.29, 0.717) is 0 Å². The van der Waals surface area contributed by atoms with Gasteiger partial charge in [-0.3, -0.25) is 19.3 Å². The van der Waals surface area contributed by atoms with Gasteiger partial charge in [-0.1, -0.05) is 12.2 Å². The van der Waals surface area contributed by atoms with Crippen LogP contribution in [0.25, 0.3) is 0 Å². The van der Waals surface area contributed by atoms with Crippen LogP contribution >= 0.6 is 0 Å². The summed E-state index contributed by atoms with van der Waals surface area (Å²) in [6, 6.07) is 4.45. The third kappa shape index (κ3) is 3.79. The Labute approximate surface area is 175 Å². The standard InChI is InChI=1S/C23H24N2O5/c1-2-12-24-21(27)18-11-8-15(13-19(18)22(24)28)23(29)30-14-20(26)25(17-9-10-17)16-6-4-3-5-7-16/h2,6,8,11,13,17H,1,3-5,7,9-10,12,14H2. The fraction of sp³-hybridized carbons (Fsp3) is 0.391. The first-order chi connectivity index (χ1) is 14.5. The summed E-state index contributed by atoms with van der Waals surface area (Å²) in [5.74, 6) is -1.79. The molecule has 0 spiro atoms. The van der Waals surface area contributed by atoms with Crippen LogP contribution in [-0.2, 0) is 9.53 Å². The van der Waals surface area contributed by atoms with Gasteiger partial charge in [-0.25, -0.2) is 4.79 Å². The Morgan fingerprint density at radius 1 is 1.17 bits per heavy atom. The summed E-state index contributed by atoms with van der Waals surface area (Å²) >= 11 is 0. The van der Waals surface area contributed by atoms with Crippen LogP contribution in [0.1, 0.15) is 69.6 Å². The average Bonchev–Trinajstić information content (AvgIpc) is 3.57. The minimum atomic E-state index is -0.693. The van der Waals surface area contributed by atoms with Crippen LogP contribution in [-0.4, -0.2) is 52.7 Å². The number of esters is 1. The first-order valence-electron chi connectivity index (χ1n) is 10.3. The number of carbonyl (C=O) groups is 4. The number of benzene rings is 1. The molecule has 1 aromatic carbocycles. The molecule has 4 rings (SSSR count). The quantitative estimate of drug-likeness (QED) is 0.393. The van der Waals surface area contributed by atoms with Crippen molar-refractivity contribution in [3.05, 3.63) is 59.3 Å². The van der Waals surface area contributed by atoms with Crippen molar-refractivity contribution in [3.63, 3.8) is 0 Å². The Balaban J connectivity index is 1.43. The lowest BCUT2D eigenvalue weighted by molar-refractivity contribution is -0.133. The molecule has 0 unspecified atom stereocenters. The maximum Gasteiger partial charge on any atom is 0.338 e. The number of amides is 3. The van der Waals surface area contributed by atoms with Gasteiger partial charge in [0, 0.05) is 18.3 Å². The summed E-state index contributed by atoms with van der Waals surface area (Å²) in [6.07, 6.45) is 9.56. The molecule has 1 saturated carbocycles. The number of rotatable bonds is 7. The zero-order chi connectivity index (χ0) is 21.3. The Bertz CT molecular complexity index is 960. The summed E-state index contributed by atoms with van der Waals surface area (Å²) in [5, 5.41) is 0. The Morgan fingerprint density at radius 2 is 1.93 bits per heavy atom. The summed E-state index contributed by atoms with van der Waals surface area (Å²) in [6.45, 7) is 3.30. The van der Waals surface area contributed by atoms with Gasteiger partial charge in [0.05, 0.1) is 16.7 Å². The van der Waals surface area contributed by atoms with Crippen molar-refractivity contribution in [2.75, 3.05) is 13.2 Å². The lowest BCUT2D eigenvalue weighted by atomic mass is 10.0. The molecule has 7 heteroatoms. The number of hydrogen-bond donors (Lipinski definition) is 0. The molecule has 1 aromatic rings. The molecule has 0 aromatic heterocycles. The summed E-state index contributed by atoms with van der Waals surface area (Å²) < 4.78 is 5.25. The van der Waals surface area contributed by atoms with E-state index in [9.17, 15) is 19.2 Å². The molecule has 0 bridgehead atoms. The highest BCUT2D eigenvalue weighted by atomic mass is 16.5. The van der Waals surface area contributed by atoms with Crippen LogP contribution in [0.15, 0.2) is 42.6 Å². The van der Waals surface area contributed by atoms with E-state index in [-0.39, 0.29) is 41.8 Å². The molecule has 1 heterocycles. The third-order valence-electron chi connectivity index (χ3n) is 5.60.